The van der Waals surface area contributed by atoms with E-state index in [1.165, 1.54) is 0 Å². The van der Waals surface area contributed by atoms with Crippen molar-refractivity contribution in [3.8, 4) is 0 Å². The Labute approximate surface area is 80.0 Å². The molecule has 1 heterocycles. The van der Waals surface area contributed by atoms with Crippen molar-refractivity contribution in [2.75, 3.05) is 52.6 Å². The first-order valence-electron chi connectivity index (χ1n) is 5.04. The SMILES string of the molecule is C1CNCNCCNCNCCN1. The van der Waals surface area contributed by atoms with Crippen LogP contribution in [0.2, 0.25) is 0 Å². The standard InChI is InChI=1S/C8H21N5/c1-3-10-7-12-5-6-13-8-11-4-2-9-1/h9-13H,1-8H2. The molecule has 0 aliphatic carbocycles. The van der Waals surface area contributed by atoms with Gasteiger partial charge in [-0.3, -0.25) is 0 Å². The molecule has 0 saturated carbocycles. The molecule has 78 valence electrons. The number of rotatable bonds is 0. The molecule has 0 aromatic carbocycles. The predicted molar refractivity (Wildman–Crippen MR) is 54.6 cm³/mol. The molecule has 0 aromatic heterocycles. The van der Waals surface area contributed by atoms with Gasteiger partial charge < -0.3 is 26.6 Å². The highest BCUT2D eigenvalue weighted by Gasteiger charge is 1.91. The van der Waals surface area contributed by atoms with Crippen LogP contribution >= 0.6 is 0 Å². The third kappa shape index (κ3) is 6.92. The molecule has 1 rings (SSSR count). The third-order valence-electron chi connectivity index (χ3n) is 1.94. The molecule has 1 aliphatic heterocycles. The summed E-state index contributed by atoms with van der Waals surface area (Å²) in [5.74, 6) is 0. The number of hydrogen-bond acceptors (Lipinski definition) is 5. The van der Waals surface area contributed by atoms with Crippen LogP contribution in [0.15, 0.2) is 0 Å². The highest BCUT2D eigenvalue weighted by atomic mass is 15.1. The van der Waals surface area contributed by atoms with E-state index in [0.717, 1.165) is 52.6 Å². The van der Waals surface area contributed by atoms with E-state index in [9.17, 15) is 0 Å². The van der Waals surface area contributed by atoms with Gasteiger partial charge in [0.25, 0.3) is 0 Å². The molecular weight excluding hydrogens is 166 g/mol. The van der Waals surface area contributed by atoms with E-state index in [0.29, 0.717) is 0 Å². The Morgan fingerprint density at radius 3 is 1.08 bits per heavy atom. The van der Waals surface area contributed by atoms with Crippen LogP contribution in [0.1, 0.15) is 0 Å². The second-order valence-electron chi connectivity index (χ2n) is 3.10. The first-order valence-corrected chi connectivity index (χ1v) is 5.04. The second-order valence-corrected chi connectivity index (χ2v) is 3.10. The van der Waals surface area contributed by atoms with E-state index in [2.05, 4.69) is 26.6 Å². The average molecular weight is 187 g/mol. The predicted octanol–water partition coefficient (Wildman–Crippen LogP) is -2.14. The largest absolute Gasteiger partial charge is 0.314 e. The molecule has 0 atom stereocenters. The van der Waals surface area contributed by atoms with Gasteiger partial charge in [-0.2, -0.15) is 0 Å². The normalized spacial score (nSPS) is 24.0. The van der Waals surface area contributed by atoms with Crippen molar-refractivity contribution in [3.05, 3.63) is 0 Å². The zero-order valence-electron chi connectivity index (χ0n) is 8.16. The van der Waals surface area contributed by atoms with Gasteiger partial charge in [0.15, 0.2) is 0 Å². The Bertz CT molecular complexity index is 60.6. The highest BCUT2D eigenvalue weighted by Crippen LogP contribution is 1.63. The molecule has 1 aliphatic rings. The molecule has 5 nitrogen and oxygen atoms in total. The molecule has 0 spiro atoms. The summed E-state index contributed by atoms with van der Waals surface area (Å²) in [5.41, 5.74) is 0. The average Bonchev–Trinajstić information content (AvgIpc) is 2.18. The zero-order valence-corrected chi connectivity index (χ0v) is 8.16. The van der Waals surface area contributed by atoms with Crippen molar-refractivity contribution in [2.45, 2.75) is 0 Å². The molecule has 1 saturated heterocycles. The molecule has 1 fully saturated rings. The van der Waals surface area contributed by atoms with Crippen LogP contribution in [0.5, 0.6) is 0 Å². The molecule has 0 aromatic rings. The summed E-state index contributed by atoms with van der Waals surface area (Å²) >= 11 is 0. The molecule has 0 bridgehead atoms. The Hall–Kier alpha value is -0.200. The third-order valence-corrected chi connectivity index (χ3v) is 1.94. The van der Waals surface area contributed by atoms with Crippen molar-refractivity contribution >= 4 is 0 Å². The minimum absolute atomic E-state index is 0.900. The van der Waals surface area contributed by atoms with Crippen LogP contribution in [0.25, 0.3) is 0 Å². The van der Waals surface area contributed by atoms with Crippen molar-refractivity contribution in [3.63, 3.8) is 0 Å². The van der Waals surface area contributed by atoms with Crippen LogP contribution in [-0.2, 0) is 0 Å². The van der Waals surface area contributed by atoms with E-state index in [4.69, 9.17) is 0 Å². The van der Waals surface area contributed by atoms with Crippen LogP contribution in [0, 0.1) is 0 Å². The van der Waals surface area contributed by atoms with Crippen molar-refractivity contribution in [1.82, 2.24) is 26.6 Å². The van der Waals surface area contributed by atoms with Crippen molar-refractivity contribution in [1.29, 1.82) is 0 Å². The summed E-state index contributed by atoms with van der Waals surface area (Å²) in [6.45, 7) is 7.96. The minimum Gasteiger partial charge on any atom is -0.314 e. The topological polar surface area (TPSA) is 60.1 Å². The fraction of sp³-hybridized carbons (Fsp3) is 1.00. The summed E-state index contributed by atoms with van der Waals surface area (Å²) in [5, 5.41) is 16.5. The van der Waals surface area contributed by atoms with Crippen molar-refractivity contribution < 1.29 is 0 Å². The quantitative estimate of drug-likeness (QED) is 0.300. The van der Waals surface area contributed by atoms with Gasteiger partial charge in [-0.25, -0.2) is 0 Å². The van der Waals surface area contributed by atoms with E-state index in [1.807, 2.05) is 0 Å². The molecule has 13 heavy (non-hydrogen) atoms. The summed E-state index contributed by atoms with van der Waals surface area (Å²) in [6.07, 6.45) is 0. The van der Waals surface area contributed by atoms with E-state index in [-0.39, 0.29) is 0 Å². The lowest BCUT2D eigenvalue weighted by Crippen LogP contribution is -2.37. The molecule has 5 heteroatoms. The maximum atomic E-state index is 3.34. The molecular formula is C8H21N5. The first kappa shape index (κ1) is 10.9. The lowest BCUT2D eigenvalue weighted by Gasteiger charge is -2.06. The number of hydrogen-bond donors (Lipinski definition) is 5. The fourth-order valence-electron chi connectivity index (χ4n) is 1.19. The number of nitrogens with one attached hydrogen (secondary N) is 5. The van der Waals surface area contributed by atoms with Gasteiger partial charge in [0.2, 0.25) is 0 Å². The Morgan fingerprint density at radius 1 is 0.385 bits per heavy atom. The van der Waals surface area contributed by atoms with Gasteiger partial charge in [0.1, 0.15) is 0 Å². The van der Waals surface area contributed by atoms with E-state index < -0.39 is 0 Å². The van der Waals surface area contributed by atoms with Gasteiger partial charge >= 0.3 is 0 Å². The first-order chi connectivity index (χ1) is 6.50. The zero-order chi connectivity index (χ0) is 9.19. The van der Waals surface area contributed by atoms with Crippen LogP contribution < -0.4 is 26.6 Å². The summed E-state index contributed by atoms with van der Waals surface area (Å²) < 4.78 is 0. The monoisotopic (exact) mass is 187 g/mol. The molecule has 0 amide bonds. The fourth-order valence-corrected chi connectivity index (χ4v) is 1.19. The van der Waals surface area contributed by atoms with Gasteiger partial charge in [0, 0.05) is 52.6 Å². The lowest BCUT2D eigenvalue weighted by atomic mass is 10.5. The van der Waals surface area contributed by atoms with Gasteiger partial charge in [-0.15, -0.1) is 0 Å². The minimum atomic E-state index is 0.900. The van der Waals surface area contributed by atoms with Gasteiger partial charge in [0.05, 0.1) is 0 Å². The van der Waals surface area contributed by atoms with E-state index >= 15 is 0 Å². The molecule has 0 radical (unpaired) electrons. The maximum absolute atomic E-state index is 3.34. The Morgan fingerprint density at radius 2 is 0.692 bits per heavy atom. The summed E-state index contributed by atoms with van der Waals surface area (Å²) in [7, 11) is 0. The van der Waals surface area contributed by atoms with Gasteiger partial charge in [-0.05, 0) is 0 Å². The van der Waals surface area contributed by atoms with Crippen LogP contribution in [0.3, 0.4) is 0 Å². The van der Waals surface area contributed by atoms with Crippen LogP contribution in [-0.4, -0.2) is 52.6 Å². The van der Waals surface area contributed by atoms with Crippen LogP contribution in [0.4, 0.5) is 0 Å². The summed E-state index contributed by atoms with van der Waals surface area (Å²) in [6, 6.07) is 0. The van der Waals surface area contributed by atoms with Gasteiger partial charge in [-0.1, -0.05) is 0 Å². The highest BCUT2D eigenvalue weighted by molar-refractivity contribution is 4.57. The lowest BCUT2D eigenvalue weighted by molar-refractivity contribution is 0.549. The molecule has 0 unspecified atom stereocenters. The smallest absolute Gasteiger partial charge is 0.0455 e. The molecule has 5 N–H and O–H groups in total. The summed E-state index contributed by atoms with van der Waals surface area (Å²) in [4.78, 5) is 0. The maximum Gasteiger partial charge on any atom is 0.0455 e. The second kappa shape index (κ2) is 8.40. The Kier molecular flexibility index (Phi) is 7.03. The van der Waals surface area contributed by atoms with Crippen molar-refractivity contribution in [2.24, 2.45) is 0 Å². The Balaban J connectivity index is 2.01. The van der Waals surface area contributed by atoms with E-state index in [1.54, 1.807) is 0 Å².